The van der Waals surface area contributed by atoms with Crippen molar-refractivity contribution in [2.24, 2.45) is 0 Å². The van der Waals surface area contributed by atoms with Crippen LogP contribution in [0.25, 0.3) is 0 Å². The molecule has 6 nitrogen and oxygen atoms in total. The summed E-state index contributed by atoms with van der Waals surface area (Å²) in [4.78, 5) is 27.6. The number of carbonyl (C=O) groups excluding carboxylic acids is 2. The Morgan fingerprint density at radius 1 is 1.10 bits per heavy atom. The molecule has 0 fully saturated rings. The maximum atomic E-state index is 12.4. The number of benzene rings is 1. The van der Waals surface area contributed by atoms with Gasteiger partial charge in [-0.1, -0.05) is 0 Å². The molecule has 0 radical (unpaired) electrons. The number of amides is 2. The van der Waals surface area contributed by atoms with Crippen molar-refractivity contribution in [2.75, 3.05) is 26.3 Å². The minimum absolute atomic E-state index is 0.0844. The fraction of sp³-hybridized carbons (Fsp3) is 0.333. The summed E-state index contributed by atoms with van der Waals surface area (Å²) < 4.78 is 41.6. The van der Waals surface area contributed by atoms with Crippen molar-refractivity contribution in [1.82, 2.24) is 4.90 Å². The van der Waals surface area contributed by atoms with Gasteiger partial charge in [-0.15, -0.1) is 13.2 Å². The van der Waals surface area contributed by atoms with E-state index in [9.17, 15) is 22.8 Å². The third kappa shape index (κ3) is 4.63. The van der Waals surface area contributed by atoms with Gasteiger partial charge in [0.05, 0.1) is 18.4 Å². The van der Waals surface area contributed by atoms with Crippen molar-refractivity contribution in [3.8, 4) is 0 Å². The van der Waals surface area contributed by atoms with Crippen LogP contribution >= 0.6 is 0 Å². The predicted molar refractivity (Wildman–Crippen MR) is 66.5 cm³/mol. The van der Waals surface area contributed by atoms with Gasteiger partial charge in [0, 0.05) is 14.1 Å². The molecule has 0 N–H and O–H groups in total. The van der Waals surface area contributed by atoms with E-state index in [1.54, 1.807) is 0 Å². The molecule has 0 aliphatic carbocycles. The normalized spacial score (nSPS) is 11.0. The molecule has 1 rings (SSSR count). The van der Waals surface area contributed by atoms with Crippen LogP contribution in [0.1, 0.15) is 10.4 Å². The fourth-order valence-electron chi connectivity index (χ4n) is 1.34. The Hall–Kier alpha value is -2.29. The number of esters is 1. The molecule has 0 aliphatic rings. The third-order valence-corrected chi connectivity index (χ3v) is 2.27. The number of carbonyl (C=O) groups is 2. The van der Waals surface area contributed by atoms with Crippen LogP contribution in [0.15, 0.2) is 24.3 Å². The van der Waals surface area contributed by atoms with Crippen molar-refractivity contribution >= 4 is 17.7 Å². The molecule has 0 aromatic heterocycles. The summed E-state index contributed by atoms with van der Waals surface area (Å²) in [5, 5.41) is 0.0844. The van der Waals surface area contributed by atoms with Crippen molar-refractivity contribution in [3.63, 3.8) is 0 Å². The van der Waals surface area contributed by atoms with Gasteiger partial charge in [-0.25, -0.2) is 9.59 Å². The fourth-order valence-corrected chi connectivity index (χ4v) is 1.34. The second kappa shape index (κ2) is 6.44. The summed E-state index contributed by atoms with van der Waals surface area (Å²) >= 11 is 0. The minimum atomic E-state index is -5.04. The maximum absolute atomic E-state index is 12.4. The van der Waals surface area contributed by atoms with Gasteiger partial charge in [-0.3, -0.25) is 0 Å². The number of hydrogen-bond acceptors (Lipinski definition) is 4. The van der Waals surface area contributed by atoms with E-state index in [2.05, 4.69) is 9.57 Å². The molecular formula is C12H13F3N2O4. The van der Waals surface area contributed by atoms with Crippen LogP contribution in [-0.2, 0) is 9.57 Å². The molecule has 0 aliphatic heterocycles. The van der Waals surface area contributed by atoms with Gasteiger partial charge in [-0.2, -0.15) is 9.90 Å². The van der Waals surface area contributed by atoms with Gasteiger partial charge in [0.2, 0.25) is 0 Å². The Morgan fingerprint density at radius 2 is 1.62 bits per heavy atom. The smallest absolute Gasteiger partial charge is 0.465 e. The van der Waals surface area contributed by atoms with E-state index in [1.807, 2.05) is 0 Å². The van der Waals surface area contributed by atoms with Crippen LogP contribution in [0, 0.1) is 0 Å². The van der Waals surface area contributed by atoms with Crippen molar-refractivity contribution < 1.29 is 32.3 Å². The molecule has 1 aromatic carbocycles. The first-order chi connectivity index (χ1) is 9.65. The molecule has 116 valence electrons. The molecule has 21 heavy (non-hydrogen) atoms. The average Bonchev–Trinajstić information content (AvgIpc) is 2.42. The number of halogens is 3. The predicted octanol–water partition coefficient (Wildman–Crippen LogP) is 2.41. The molecule has 0 saturated heterocycles. The number of methoxy groups -OCH3 is 1. The highest BCUT2D eigenvalue weighted by molar-refractivity contribution is 5.92. The standard InChI is InChI=1S/C12H13F3N2O4/c1-16(2)11(19)17(21-12(13,14)15)9-6-4-8(5-7-9)10(18)20-3/h4-7H,1-3H3. The maximum Gasteiger partial charge on any atom is 0.544 e. The molecular weight excluding hydrogens is 293 g/mol. The lowest BCUT2D eigenvalue weighted by Crippen LogP contribution is -2.42. The summed E-state index contributed by atoms with van der Waals surface area (Å²) in [6.45, 7) is 0. The first kappa shape index (κ1) is 16.8. The zero-order valence-electron chi connectivity index (χ0n) is 11.5. The highest BCUT2D eigenvalue weighted by Crippen LogP contribution is 2.25. The van der Waals surface area contributed by atoms with E-state index >= 15 is 0 Å². The first-order valence-corrected chi connectivity index (χ1v) is 5.61. The van der Waals surface area contributed by atoms with Crippen LogP contribution in [-0.4, -0.2) is 44.5 Å². The topological polar surface area (TPSA) is 59.1 Å². The Balaban J connectivity index is 3.08. The van der Waals surface area contributed by atoms with Crippen molar-refractivity contribution in [3.05, 3.63) is 29.8 Å². The number of nitrogens with zero attached hydrogens (tertiary/aromatic N) is 2. The Labute approximate surface area is 118 Å². The number of hydrogen-bond donors (Lipinski definition) is 0. The quantitative estimate of drug-likeness (QED) is 0.635. The average molecular weight is 306 g/mol. The molecule has 1 aromatic rings. The second-order valence-electron chi connectivity index (χ2n) is 4.05. The third-order valence-electron chi connectivity index (χ3n) is 2.27. The van der Waals surface area contributed by atoms with E-state index in [4.69, 9.17) is 0 Å². The number of anilines is 1. The summed E-state index contributed by atoms with van der Waals surface area (Å²) in [6.07, 6.45) is -5.04. The van der Waals surface area contributed by atoms with Crippen LogP contribution in [0.2, 0.25) is 0 Å². The van der Waals surface area contributed by atoms with Crippen molar-refractivity contribution in [1.29, 1.82) is 0 Å². The summed E-state index contributed by atoms with van der Waals surface area (Å²) in [6, 6.07) is 3.69. The number of alkyl halides is 3. The summed E-state index contributed by atoms with van der Waals surface area (Å²) in [7, 11) is 3.72. The lowest BCUT2D eigenvalue weighted by Gasteiger charge is -2.25. The van der Waals surface area contributed by atoms with E-state index in [0.29, 0.717) is 0 Å². The Morgan fingerprint density at radius 3 is 2.00 bits per heavy atom. The summed E-state index contributed by atoms with van der Waals surface area (Å²) in [5.41, 5.74) is -0.0517. The number of hydroxylamine groups is 1. The zero-order valence-corrected chi connectivity index (χ0v) is 11.5. The largest absolute Gasteiger partial charge is 0.544 e. The van der Waals surface area contributed by atoms with Gasteiger partial charge in [0.15, 0.2) is 0 Å². The van der Waals surface area contributed by atoms with E-state index in [-0.39, 0.29) is 16.3 Å². The van der Waals surface area contributed by atoms with E-state index in [1.165, 1.54) is 33.3 Å². The second-order valence-corrected chi connectivity index (χ2v) is 4.05. The van der Waals surface area contributed by atoms with Gasteiger partial charge in [-0.05, 0) is 24.3 Å². The Bertz CT molecular complexity index is 514. The molecule has 0 atom stereocenters. The van der Waals surface area contributed by atoms with Gasteiger partial charge >= 0.3 is 18.4 Å². The molecule has 0 spiro atoms. The molecule has 9 heteroatoms. The summed E-state index contributed by atoms with van der Waals surface area (Å²) in [5.74, 6) is -0.649. The van der Waals surface area contributed by atoms with Crippen LogP contribution in [0.5, 0.6) is 0 Å². The van der Waals surface area contributed by atoms with E-state index < -0.39 is 18.4 Å². The number of rotatable bonds is 3. The number of urea groups is 1. The molecule has 0 bridgehead atoms. The van der Waals surface area contributed by atoms with Crippen LogP contribution in [0.3, 0.4) is 0 Å². The molecule has 0 unspecified atom stereocenters. The number of ether oxygens (including phenoxy) is 1. The minimum Gasteiger partial charge on any atom is -0.465 e. The highest BCUT2D eigenvalue weighted by atomic mass is 19.4. The van der Waals surface area contributed by atoms with Gasteiger partial charge in [0.1, 0.15) is 0 Å². The first-order valence-electron chi connectivity index (χ1n) is 5.61. The molecule has 0 heterocycles. The monoisotopic (exact) mass is 306 g/mol. The zero-order chi connectivity index (χ0) is 16.2. The van der Waals surface area contributed by atoms with Crippen LogP contribution in [0.4, 0.5) is 23.7 Å². The SMILES string of the molecule is COC(=O)c1ccc(N(OC(F)(F)F)C(=O)N(C)C)cc1. The lowest BCUT2D eigenvalue weighted by atomic mass is 10.2. The highest BCUT2D eigenvalue weighted by Gasteiger charge is 2.37. The van der Waals surface area contributed by atoms with Gasteiger partial charge < -0.3 is 9.64 Å². The lowest BCUT2D eigenvalue weighted by molar-refractivity contribution is -0.325. The van der Waals surface area contributed by atoms with Crippen molar-refractivity contribution in [2.45, 2.75) is 6.36 Å². The molecule has 0 saturated carbocycles. The van der Waals surface area contributed by atoms with Crippen LogP contribution < -0.4 is 5.06 Å². The molecule has 2 amide bonds. The van der Waals surface area contributed by atoms with E-state index in [0.717, 1.165) is 17.0 Å². The van der Waals surface area contributed by atoms with Gasteiger partial charge in [0.25, 0.3) is 0 Å². The Kier molecular flexibility index (Phi) is 5.14.